The lowest BCUT2D eigenvalue weighted by Gasteiger charge is -2.20. The Hall–Kier alpha value is -2.49. The highest BCUT2D eigenvalue weighted by molar-refractivity contribution is 7.89. The summed E-state index contributed by atoms with van der Waals surface area (Å²) in [5, 5.41) is 0. The highest BCUT2D eigenvalue weighted by Gasteiger charge is 2.27. The number of sulfonamides is 1. The Morgan fingerprint density at radius 3 is 2.50 bits per heavy atom. The van der Waals surface area contributed by atoms with Gasteiger partial charge in [0, 0.05) is 25.3 Å². The van der Waals surface area contributed by atoms with Gasteiger partial charge in [0.05, 0.1) is 15.1 Å². The summed E-state index contributed by atoms with van der Waals surface area (Å²) in [4.78, 5) is 27.4. The molecule has 2 aromatic carbocycles. The molecule has 3 heterocycles. The summed E-state index contributed by atoms with van der Waals surface area (Å²) in [7, 11) is -3.60. The van der Waals surface area contributed by atoms with Crippen LogP contribution in [-0.4, -0.2) is 42.8 Å². The molecule has 32 heavy (non-hydrogen) atoms. The minimum atomic E-state index is -3.60. The van der Waals surface area contributed by atoms with Crippen LogP contribution in [0.5, 0.6) is 0 Å². The number of anilines is 1. The Kier molecular flexibility index (Phi) is 5.65. The quantitative estimate of drug-likeness (QED) is 0.585. The first-order valence-electron chi connectivity index (χ1n) is 11.0. The van der Waals surface area contributed by atoms with Gasteiger partial charge < -0.3 is 4.90 Å². The zero-order valence-corrected chi connectivity index (χ0v) is 19.3. The molecule has 0 N–H and O–H groups in total. The Morgan fingerprint density at radius 1 is 0.969 bits per heavy atom. The maximum Gasteiger partial charge on any atom is 0.308 e. The number of aromatic nitrogens is 1. The van der Waals surface area contributed by atoms with Crippen molar-refractivity contribution in [2.75, 3.05) is 24.5 Å². The van der Waals surface area contributed by atoms with Gasteiger partial charge in [-0.3, -0.25) is 14.2 Å². The van der Waals surface area contributed by atoms with Gasteiger partial charge >= 0.3 is 4.87 Å². The van der Waals surface area contributed by atoms with Crippen LogP contribution in [0, 0.1) is 0 Å². The van der Waals surface area contributed by atoms with E-state index in [0.717, 1.165) is 54.7 Å². The number of thiazole rings is 1. The Morgan fingerprint density at radius 2 is 1.72 bits per heavy atom. The van der Waals surface area contributed by atoms with Crippen LogP contribution < -0.4 is 9.77 Å². The first-order chi connectivity index (χ1) is 15.4. The average molecular weight is 472 g/mol. The Balaban J connectivity index is 1.43. The second-order valence-electron chi connectivity index (χ2n) is 8.33. The molecule has 0 radical (unpaired) electrons. The molecule has 1 saturated heterocycles. The summed E-state index contributed by atoms with van der Waals surface area (Å²) in [6.45, 7) is 1.60. The van der Waals surface area contributed by atoms with E-state index in [4.69, 9.17) is 0 Å². The fraction of sp³-hybridized carbons (Fsp3) is 0.391. The van der Waals surface area contributed by atoms with E-state index in [-0.39, 0.29) is 22.2 Å². The van der Waals surface area contributed by atoms with Crippen LogP contribution in [0.2, 0.25) is 0 Å². The van der Waals surface area contributed by atoms with Crippen LogP contribution in [0.3, 0.4) is 0 Å². The van der Waals surface area contributed by atoms with Gasteiger partial charge in [-0.05, 0) is 49.1 Å². The van der Waals surface area contributed by atoms with Gasteiger partial charge in [0.2, 0.25) is 15.9 Å². The molecule has 0 bridgehead atoms. The van der Waals surface area contributed by atoms with Crippen molar-refractivity contribution in [3.05, 3.63) is 57.7 Å². The largest absolute Gasteiger partial charge is 0.310 e. The topological polar surface area (TPSA) is 79.7 Å². The van der Waals surface area contributed by atoms with Crippen LogP contribution in [0.4, 0.5) is 5.69 Å². The summed E-state index contributed by atoms with van der Waals surface area (Å²) < 4.78 is 29.8. The first kappa shape index (κ1) is 21.4. The van der Waals surface area contributed by atoms with Gasteiger partial charge in [0.25, 0.3) is 0 Å². The van der Waals surface area contributed by atoms with E-state index in [9.17, 15) is 18.0 Å². The van der Waals surface area contributed by atoms with Crippen molar-refractivity contribution < 1.29 is 13.2 Å². The standard InChI is InChI=1S/C23H25N3O4S2/c27-22(25-14-11-17-7-3-4-8-19(17)25)16-26-20-10-9-18(15-21(20)31-23(26)28)32(29,30)24-12-5-1-2-6-13-24/h3-4,7-10,15H,1-2,5-6,11-14,16H2. The lowest BCUT2D eigenvalue weighted by atomic mass is 10.2. The molecule has 5 rings (SSSR count). The molecular weight excluding hydrogens is 446 g/mol. The molecule has 2 aliphatic heterocycles. The normalized spacial score (nSPS) is 17.4. The van der Waals surface area contributed by atoms with Crippen molar-refractivity contribution in [2.24, 2.45) is 0 Å². The molecule has 0 atom stereocenters. The van der Waals surface area contributed by atoms with E-state index in [1.165, 1.54) is 4.57 Å². The van der Waals surface area contributed by atoms with Gasteiger partial charge in [-0.15, -0.1) is 0 Å². The number of carbonyl (C=O) groups is 1. The molecule has 0 saturated carbocycles. The second-order valence-corrected chi connectivity index (χ2v) is 11.3. The highest BCUT2D eigenvalue weighted by atomic mass is 32.2. The van der Waals surface area contributed by atoms with Crippen molar-refractivity contribution in [3.8, 4) is 0 Å². The number of amides is 1. The van der Waals surface area contributed by atoms with E-state index in [1.54, 1.807) is 27.4 Å². The number of para-hydroxylation sites is 1. The van der Waals surface area contributed by atoms with Crippen molar-refractivity contribution in [2.45, 2.75) is 43.5 Å². The van der Waals surface area contributed by atoms with Gasteiger partial charge in [-0.1, -0.05) is 42.4 Å². The first-order valence-corrected chi connectivity index (χ1v) is 13.2. The highest BCUT2D eigenvalue weighted by Crippen LogP contribution is 2.29. The molecule has 0 aliphatic carbocycles. The van der Waals surface area contributed by atoms with E-state index in [1.807, 2.05) is 24.3 Å². The summed E-state index contributed by atoms with van der Waals surface area (Å²) in [5.41, 5.74) is 2.62. The van der Waals surface area contributed by atoms with Gasteiger partial charge in [0.15, 0.2) is 0 Å². The molecular formula is C23H25N3O4S2. The average Bonchev–Trinajstić information content (AvgIpc) is 3.21. The van der Waals surface area contributed by atoms with E-state index in [2.05, 4.69) is 0 Å². The second kappa shape index (κ2) is 8.46. The molecule has 9 heteroatoms. The molecule has 7 nitrogen and oxygen atoms in total. The van der Waals surface area contributed by atoms with Gasteiger partial charge in [0.1, 0.15) is 6.54 Å². The molecule has 0 unspecified atom stereocenters. The molecule has 3 aromatic rings. The molecule has 1 fully saturated rings. The molecule has 0 spiro atoms. The monoisotopic (exact) mass is 471 g/mol. The van der Waals surface area contributed by atoms with Crippen LogP contribution >= 0.6 is 11.3 Å². The van der Waals surface area contributed by atoms with Gasteiger partial charge in [-0.2, -0.15) is 4.31 Å². The van der Waals surface area contributed by atoms with Crippen molar-refractivity contribution >= 4 is 43.2 Å². The summed E-state index contributed by atoms with van der Waals surface area (Å²) in [6.07, 6.45) is 4.63. The Bertz CT molecular complexity index is 1330. The third-order valence-corrected chi connectivity index (χ3v) is 9.16. The number of nitrogens with zero attached hydrogens (tertiary/aromatic N) is 3. The van der Waals surface area contributed by atoms with E-state index >= 15 is 0 Å². The lowest BCUT2D eigenvalue weighted by Crippen LogP contribution is -2.34. The minimum Gasteiger partial charge on any atom is -0.310 e. The molecule has 2 aliphatic rings. The number of rotatable bonds is 4. The van der Waals surface area contributed by atoms with E-state index < -0.39 is 10.0 Å². The van der Waals surface area contributed by atoms with Crippen LogP contribution in [0.15, 0.2) is 52.2 Å². The maximum absolute atomic E-state index is 13.1. The minimum absolute atomic E-state index is 0.0641. The third-order valence-electron chi connectivity index (χ3n) is 6.32. The predicted molar refractivity (Wildman–Crippen MR) is 126 cm³/mol. The number of hydrogen-bond acceptors (Lipinski definition) is 5. The summed E-state index contributed by atoms with van der Waals surface area (Å²) >= 11 is 0.984. The molecule has 168 valence electrons. The SMILES string of the molecule is O=C(Cn1c(=O)sc2cc(S(=O)(=O)N3CCCCCC3)ccc21)N1CCc2ccccc21. The third kappa shape index (κ3) is 3.78. The predicted octanol–water partition coefficient (Wildman–Crippen LogP) is 3.22. The Labute approximate surface area is 190 Å². The number of fused-ring (bicyclic) bond motifs is 2. The zero-order valence-electron chi connectivity index (χ0n) is 17.7. The van der Waals surface area contributed by atoms with Crippen molar-refractivity contribution in [1.29, 1.82) is 0 Å². The van der Waals surface area contributed by atoms with Crippen LogP contribution in [0.25, 0.3) is 10.2 Å². The van der Waals surface area contributed by atoms with Crippen LogP contribution in [0.1, 0.15) is 31.2 Å². The van der Waals surface area contributed by atoms with Gasteiger partial charge in [-0.25, -0.2) is 8.42 Å². The maximum atomic E-state index is 13.1. The fourth-order valence-electron chi connectivity index (χ4n) is 4.61. The summed E-state index contributed by atoms with van der Waals surface area (Å²) in [5.74, 6) is -0.141. The number of benzene rings is 2. The summed E-state index contributed by atoms with van der Waals surface area (Å²) in [6, 6.07) is 12.6. The number of carbonyl (C=O) groups excluding carboxylic acids is 1. The number of hydrogen-bond donors (Lipinski definition) is 0. The molecule has 1 aromatic heterocycles. The van der Waals surface area contributed by atoms with Crippen molar-refractivity contribution in [1.82, 2.24) is 8.87 Å². The van der Waals surface area contributed by atoms with Crippen molar-refractivity contribution in [3.63, 3.8) is 0 Å². The van der Waals surface area contributed by atoms with Crippen LogP contribution in [-0.2, 0) is 27.8 Å². The zero-order chi connectivity index (χ0) is 22.3. The van der Waals surface area contributed by atoms with E-state index in [0.29, 0.717) is 29.9 Å². The fourth-order valence-corrected chi connectivity index (χ4v) is 7.15. The lowest BCUT2D eigenvalue weighted by molar-refractivity contribution is -0.119. The smallest absolute Gasteiger partial charge is 0.308 e. The molecule has 1 amide bonds.